The molecule has 0 bridgehead atoms. The first-order valence-electron chi connectivity index (χ1n) is 5.83. The fourth-order valence-electron chi connectivity index (χ4n) is 1.11. The number of nitrogens with zero attached hydrogens (tertiary/aromatic N) is 1. The Bertz CT molecular complexity index is 96.3. The second kappa shape index (κ2) is 12.9. The highest BCUT2D eigenvalue weighted by Crippen LogP contribution is 2.04. The molecule has 2 nitrogen and oxygen atoms in total. The largest absolute Gasteiger partial charge is 0.384 e. The van der Waals surface area contributed by atoms with Crippen molar-refractivity contribution in [2.75, 3.05) is 33.9 Å². The molecule has 0 saturated carbocycles. The van der Waals surface area contributed by atoms with Gasteiger partial charge in [-0.1, -0.05) is 34.1 Å². The first-order chi connectivity index (χ1) is 6.65. The molecule has 0 aliphatic rings. The molecule has 88 valence electrons. The van der Waals surface area contributed by atoms with Gasteiger partial charge in [0.2, 0.25) is 0 Å². The molecular weight excluding hydrogens is 174 g/mol. The molecule has 0 aliphatic heterocycles. The topological polar surface area (TPSA) is 12.5 Å². The van der Waals surface area contributed by atoms with E-state index in [0.29, 0.717) is 5.92 Å². The fraction of sp³-hybridized carbons (Fsp3) is 1.00. The number of hydrogen-bond acceptors (Lipinski definition) is 2. The Hall–Kier alpha value is -0.0800. The molecule has 0 fully saturated rings. The van der Waals surface area contributed by atoms with Crippen molar-refractivity contribution < 1.29 is 4.74 Å². The summed E-state index contributed by atoms with van der Waals surface area (Å²) in [6.07, 6.45) is 2.46. The van der Waals surface area contributed by atoms with Crippen LogP contribution in [-0.2, 0) is 4.74 Å². The van der Waals surface area contributed by atoms with Gasteiger partial charge in [0.25, 0.3) is 0 Å². The molecule has 0 radical (unpaired) electrons. The van der Waals surface area contributed by atoms with Crippen LogP contribution in [0.25, 0.3) is 0 Å². The maximum Gasteiger partial charge on any atom is 0.0502 e. The molecule has 14 heavy (non-hydrogen) atoms. The lowest BCUT2D eigenvalue weighted by Crippen LogP contribution is -2.27. The van der Waals surface area contributed by atoms with Gasteiger partial charge in [0.15, 0.2) is 0 Å². The molecule has 0 heterocycles. The van der Waals surface area contributed by atoms with Crippen LogP contribution in [0.3, 0.4) is 0 Å². The minimum absolute atomic E-state index is 0.699. The van der Waals surface area contributed by atoms with Crippen LogP contribution in [0.1, 0.15) is 40.5 Å². The summed E-state index contributed by atoms with van der Waals surface area (Å²) in [5, 5.41) is 0. The first-order valence-corrected chi connectivity index (χ1v) is 5.83. The third-order valence-corrected chi connectivity index (χ3v) is 2.09. The predicted octanol–water partition coefficient (Wildman–Crippen LogP) is 3.03. The van der Waals surface area contributed by atoms with Crippen molar-refractivity contribution >= 4 is 0 Å². The lowest BCUT2D eigenvalue weighted by molar-refractivity contribution is 0.128. The highest BCUT2D eigenvalue weighted by Gasteiger charge is 2.07. The van der Waals surface area contributed by atoms with E-state index < -0.39 is 0 Å². The SMILES string of the molecule is CCC.CCC(COC)CN(C)CC. The molecule has 0 amide bonds. The number of hydrogen-bond donors (Lipinski definition) is 0. The van der Waals surface area contributed by atoms with E-state index in [9.17, 15) is 0 Å². The summed E-state index contributed by atoms with van der Waals surface area (Å²) in [4.78, 5) is 2.33. The van der Waals surface area contributed by atoms with E-state index in [4.69, 9.17) is 4.74 Å². The normalized spacial score (nSPS) is 12.2. The van der Waals surface area contributed by atoms with Crippen molar-refractivity contribution in [3.8, 4) is 0 Å². The van der Waals surface area contributed by atoms with Crippen molar-refractivity contribution in [2.24, 2.45) is 5.92 Å². The first kappa shape index (κ1) is 16.4. The molecule has 0 rings (SSSR count). The van der Waals surface area contributed by atoms with E-state index in [0.717, 1.165) is 19.7 Å². The average Bonchev–Trinajstić information content (AvgIpc) is 2.18. The summed E-state index contributed by atoms with van der Waals surface area (Å²) in [6, 6.07) is 0. The highest BCUT2D eigenvalue weighted by molar-refractivity contribution is 4.59. The van der Waals surface area contributed by atoms with Crippen LogP contribution in [0.4, 0.5) is 0 Å². The van der Waals surface area contributed by atoms with Gasteiger partial charge in [-0.25, -0.2) is 0 Å². The highest BCUT2D eigenvalue weighted by atomic mass is 16.5. The molecule has 0 spiro atoms. The Labute approximate surface area is 90.6 Å². The number of ether oxygens (including phenoxy) is 1. The zero-order chi connectivity index (χ0) is 11.4. The van der Waals surface area contributed by atoms with E-state index in [1.165, 1.54) is 12.8 Å². The van der Waals surface area contributed by atoms with E-state index in [2.05, 4.69) is 39.6 Å². The van der Waals surface area contributed by atoms with Crippen molar-refractivity contribution in [1.29, 1.82) is 0 Å². The minimum atomic E-state index is 0.699. The van der Waals surface area contributed by atoms with Crippen LogP contribution in [0.15, 0.2) is 0 Å². The van der Waals surface area contributed by atoms with E-state index >= 15 is 0 Å². The summed E-state index contributed by atoms with van der Waals surface area (Å²) in [6.45, 7) is 11.8. The molecule has 0 aromatic carbocycles. The zero-order valence-corrected chi connectivity index (χ0v) is 11.0. The molecule has 0 aromatic heterocycles. The second-order valence-electron chi connectivity index (χ2n) is 3.79. The Morgan fingerprint density at radius 2 is 1.64 bits per heavy atom. The van der Waals surface area contributed by atoms with Crippen molar-refractivity contribution in [3.05, 3.63) is 0 Å². The van der Waals surface area contributed by atoms with Crippen molar-refractivity contribution in [1.82, 2.24) is 4.90 Å². The maximum absolute atomic E-state index is 5.11. The van der Waals surface area contributed by atoms with Gasteiger partial charge in [0.05, 0.1) is 6.61 Å². The third-order valence-electron chi connectivity index (χ3n) is 2.09. The lowest BCUT2D eigenvalue weighted by atomic mass is 10.1. The fourth-order valence-corrected chi connectivity index (χ4v) is 1.11. The van der Waals surface area contributed by atoms with Gasteiger partial charge >= 0.3 is 0 Å². The van der Waals surface area contributed by atoms with E-state index in [-0.39, 0.29) is 0 Å². The Morgan fingerprint density at radius 3 is 1.93 bits per heavy atom. The smallest absolute Gasteiger partial charge is 0.0502 e. The third kappa shape index (κ3) is 11.9. The van der Waals surface area contributed by atoms with E-state index in [1.54, 1.807) is 7.11 Å². The summed E-state index contributed by atoms with van der Waals surface area (Å²) < 4.78 is 5.11. The van der Waals surface area contributed by atoms with Crippen LogP contribution >= 0.6 is 0 Å². The summed E-state index contributed by atoms with van der Waals surface area (Å²) >= 11 is 0. The van der Waals surface area contributed by atoms with Crippen molar-refractivity contribution in [2.45, 2.75) is 40.5 Å². The second-order valence-corrected chi connectivity index (χ2v) is 3.79. The summed E-state index contributed by atoms with van der Waals surface area (Å²) in [5.41, 5.74) is 0. The Morgan fingerprint density at radius 1 is 1.14 bits per heavy atom. The molecule has 0 N–H and O–H groups in total. The number of methoxy groups -OCH3 is 1. The standard InChI is InChI=1S/C9H21NO.C3H8/c1-5-9(8-11-4)7-10(3)6-2;1-3-2/h9H,5-8H2,1-4H3;3H2,1-2H3. The molecule has 0 aromatic rings. The molecular formula is C12H29NO. The average molecular weight is 203 g/mol. The van der Waals surface area contributed by atoms with Crippen LogP contribution in [0.2, 0.25) is 0 Å². The van der Waals surface area contributed by atoms with Gasteiger partial charge in [-0.2, -0.15) is 0 Å². The Balaban J connectivity index is 0. The molecule has 0 saturated heterocycles. The molecule has 2 heteroatoms. The quantitative estimate of drug-likeness (QED) is 0.658. The van der Waals surface area contributed by atoms with Gasteiger partial charge in [-0.15, -0.1) is 0 Å². The lowest BCUT2D eigenvalue weighted by Gasteiger charge is -2.20. The maximum atomic E-state index is 5.11. The minimum Gasteiger partial charge on any atom is -0.384 e. The Kier molecular flexibility index (Phi) is 15.1. The summed E-state index contributed by atoms with van der Waals surface area (Å²) in [7, 11) is 3.92. The van der Waals surface area contributed by atoms with Crippen LogP contribution in [0, 0.1) is 5.92 Å². The van der Waals surface area contributed by atoms with Gasteiger partial charge in [-0.05, 0) is 25.9 Å². The van der Waals surface area contributed by atoms with Gasteiger partial charge < -0.3 is 9.64 Å². The number of rotatable bonds is 6. The van der Waals surface area contributed by atoms with Gasteiger partial charge in [0, 0.05) is 13.7 Å². The van der Waals surface area contributed by atoms with Crippen LogP contribution in [-0.4, -0.2) is 38.8 Å². The van der Waals surface area contributed by atoms with Gasteiger partial charge in [0.1, 0.15) is 0 Å². The molecule has 1 unspecified atom stereocenters. The predicted molar refractivity (Wildman–Crippen MR) is 64.8 cm³/mol. The molecule has 0 aliphatic carbocycles. The van der Waals surface area contributed by atoms with E-state index in [1.807, 2.05) is 0 Å². The molecule has 1 atom stereocenters. The zero-order valence-electron chi connectivity index (χ0n) is 11.0. The summed E-state index contributed by atoms with van der Waals surface area (Å²) in [5.74, 6) is 0.699. The van der Waals surface area contributed by atoms with Crippen molar-refractivity contribution in [3.63, 3.8) is 0 Å². The monoisotopic (exact) mass is 203 g/mol. The van der Waals surface area contributed by atoms with Crippen LogP contribution < -0.4 is 0 Å². The van der Waals surface area contributed by atoms with Crippen LogP contribution in [0.5, 0.6) is 0 Å². The van der Waals surface area contributed by atoms with Gasteiger partial charge in [-0.3, -0.25) is 0 Å².